The molecule has 7 nitrogen and oxygen atoms in total. The standard InChI is InChI=1S/C26H34FN5O2/c1-5-7-8-19-15-30-26(32-19)24(31-18-11-9-17(10-12-18)25(28)29)21-13-20(33-6-2)14-22(23(21)27)34-16(3)4/h9-16,24,31H,5-8H2,1-4H3,(H3,28,29)(H,30,32). The minimum atomic E-state index is -0.631. The van der Waals surface area contributed by atoms with Crippen molar-refractivity contribution in [1.82, 2.24) is 9.97 Å². The Morgan fingerprint density at radius 3 is 2.56 bits per heavy atom. The normalized spacial score (nSPS) is 11.9. The maximum Gasteiger partial charge on any atom is 0.171 e. The molecule has 0 radical (unpaired) electrons. The fraction of sp³-hybridized carbons (Fsp3) is 0.385. The van der Waals surface area contributed by atoms with Crippen molar-refractivity contribution in [2.24, 2.45) is 5.73 Å². The van der Waals surface area contributed by atoms with Gasteiger partial charge in [0, 0.05) is 29.1 Å². The highest BCUT2D eigenvalue weighted by Gasteiger charge is 2.25. The molecule has 1 unspecified atom stereocenters. The summed E-state index contributed by atoms with van der Waals surface area (Å²) in [6.07, 6.45) is 4.60. The van der Waals surface area contributed by atoms with Crippen LogP contribution < -0.4 is 20.5 Å². The fourth-order valence-corrected chi connectivity index (χ4v) is 3.61. The Hall–Kier alpha value is -3.55. The molecule has 0 aliphatic rings. The molecule has 0 amide bonds. The molecule has 0 saturated carbocycles. The summed E-state index contributed by atoms with van der Waals surface area (Å²) >= 11 is 0. The minimum absolute atomic E-state index is 0.0133. The molecule has 0 saturated heterocycles. The molecular formula is C26H34FN5O2. The first-order valence-electron chi connectivity index (χ1n) is 11.7. The number of benzene rings is 2. The van der Waals surface area contributed by atoms with Crippen molar-refractivity contribution >= 4 is 11.5 Å². The van der Waals surface area contributed by atoms with Gasteiger partial charge in [-0.2, -0.15) is 0 Å². The first-order chi connectivity index (χ1) is 16.3. The number of nitrogens with zero attached hydrogens (tertiary/aromatic N) is 1. The lowest BCUT2D eigenvalue weighted by molar-refractivity contribution is 0.228. The molecule has 3 aromatic rings. The number of anilines is 1. The van der Waals surface area contributed by atoms with Crippen molar-refractivity contribution in [3.05, 3.63) is 71.1 Å². The van der Waals surface area contributed by atoms with Crippen molar-refractivity contribution in [2.45, 2.75) is 59.1 Å². The number of imidazole rings is 1. The number of rotatable bonds is 12. The van der Waals surface area contributed by atoms with Gasteiger partial charge in [0.25, 0.3) is 0 Å². The van der Waals surface area contributed by atoms with Crippen LogP contribution in [0.3, 0.4) is 0 Å². The number of aryl methyl sites for hydroxylation is 1. The smallest absolute Gasteiger partial charge is 0.171 e. The van der Waals surface area contributed by atoms with E-state index in [0.717, 1.165) is 30.6 Å². The number of aromatic amines is 1. The zero-order chi connectivity index (χ0) is 24.7. The summed E-state index contributed by atoms with van der Waals surface area (Å²) in [5, 5.41) is 11.0. The van der Waals surface area contributed by atoms with Gasteiger partial charge in [0.1, 0.15) is 23.5 Å². The van der Waals surface area contributed by atoms with Gasteiger partial charge < -0.3 is 25.5 Å². The second-order valence-corrected chi connectivity index (χ2v) is 8.37. The number of hydrogen-bond acceptors (Lipinski definition) is 5. The summed E-state index contributed by atoms with van der Waals surface area (Å²) in [7, 11) is 0. The number of hydrogen-bond donors (Lipinski definition) is 4. The number of H-pyrrole nitrogens is 1. The molecule has 34 heavy (non-hydrogen) atoms. The lowest BCUT2D eigenvalue weighted by Gasteiger charge is -2.22. The van der Waals surface area contributed by atoms with Gasteiger partial charge in [-0.3, -0.25) is 5.41 Å². The molecule has 1 aromatic heterocycles. The lowest BCUT2D eigenvalue weighted by atomic mass is 10.0. The second kappa shape index (κ2) is 11.5. The molecule has 0 aliphatic heterocycles. The maximum atomic E-state index is 15.8. The third-order valence-corrected chi connectivity index (χ3v) is 5.24. The average molecular weight is 468 g/mol. The van der Waals surface area contributed by atoms with E-state index >= 15 is 4.39 Å². The van der Waals surface area contributed by atoms with Crippen LogP contribution in [0.1, 0.15) is 69.2 Å². The Kier molecular flexibility index (Phi) is 8.51. The van der Waals surface area contributed by atoms with Crippen molar-refractivity contribution in [1.29, 1.82) is 5.41 Å². The van der Waals surface area contributed by atoms with Crippen LogP contribution in [0.2, 0.25) is 0 Å². The largest absolute Gasteiger partial charge is 0.494 e. The van der Waals surface area contributed by atoms with E-state index < -0.39 is 11.9 Å². The molecule has 0 spiro atoms. The van der Waals surface area contributed by atoms with Gasteiger partial charge in [-0.25, -0.2) is 9.37 Å². The van der Waals surface area contributed by atoms with Gasteiger partial charge in [0.15, 0.2) is 11.6 Å². The van der Waals surface area contributed by atoms with Crippen molar-refractivity contribution in [2.75, 3.05) is 11.9 Å². The van der Waals surface area contributed by atoms with E-state index in [1.807, 2.05) is 27.0 Å². The topological polar surface area (TPSA) is 109 Å². The summed E-state index contributed by atoms with van der Waals surface area (Å²) in [6.45, 7) is 8.16. The van der Waals surface area contributed by atoms with Crippen LogP contribution in [0.4, 0.5) is 10.1 Å². The quantitative estimate of drug-likeness (QED) is 0.206. The number of ether oxygens (including phenoxy) is 2. The molecular weight excluding hydrogens is 433 g/mol. The summed E-state index contributed by atoms with van der Waals surface area (Å²) in [5.41, 5.74) is 8.20. The molecule has 0 bridgehead atoms. The van der Waals surface area contributed by atoms with Gasteiger partial charge in [-0.15, -0.1) is 0 Å². The van der Waals surface area contributed by atoms with Gasteiger partial charge in [-0.05, 0) is 63.9 Å². The van der Waals surface area contributed by atoms with E-state index in [-0.39, 0.29) is 17.7 Å². The van der Waals surface area contributed by atoms with E-state index in [0.29, 0.717) is 29.3 Å². The summed E-state index contributed by atoms with van der Waals surface area (Å²) < 4.78 is 27.2. The number of nitrogens with two attached hydrogens (primary N) is 1. The number of halogens is 1. The molecule has 2 aromatic carbocycles. The molecule has 182 valence electrons. The van der Waals surface area contributed by atoms with Crippen LogP contribution >= 0.6 is 0 Å². The summed E-state index contributed by atoms with van der Waals surface area (Å²) in [6, 6.07) is 9.74. The van der Waals surface area contributed by atoms with Crippen molar-refractivity contribution in [3.8, 4) is 11.5 Å². The number of unbranched alkanes of at least 4 members (excludes halogenated alkanes) is 1. The van der Waals surface area contributed by atoms with Gasteiger partial charge >= 0.3 is 0 Å². The number of nitrogen functional groups attached to an aromatic ring is 1. The minimum Gasteiger partial charge on any atom is -0.494 e. The van der Waals surface area contributed by atoms with Crippen molar-refractivity contribution in [3.63, 3.8) is 0 Å². The maximum absolute atomic E-state index is 15.8. The first-order valence-corrected chi connectivity index (χ1v) is 11.7. The monoisotopic (exact) mass is 467 g/mol. The van der Waals surface area contributed by atoms with E-state index in [9.17, 15) is 0 Å². The van der Waals surface area contributed by atoms with Gasteiger partial charge in [0.05, 0.1) is 18.4 Å². The van der Waals surface area contributed by atoms with Gasteiger partial charge in [-0.1, -0.05) is 13.3 Å². The number of nitrogens with one attached hydrogen (secondary N) is 3. The third kappa shape index (κ3) is 6.27. The molecule has 0 aliphatic carbocycles. The Morgan fingerprint density at radius 2 is 1.94 bits per heavy atom. The Labute approximate surface area is 200 Å². The zero-order valence-electron chi connectivity index (χ0n) is 20.2. The van der Waals surface area contributed by atoms with Crippen LogP contribution in [-0.4, -0.2) is 28.5 Å². The average Bonchev–Trinajstić information content (AvgIpc) is 3.27. The Balaban J connectivity index is 2.07. The van der Waals surface area contributed by atoms with Gasteiger partial charge in [0.2, 0.25) is 0 Å². The predicted molar refractivity (Wildman–Crippen MR) is 133 cm³/mol. The fourth-order valence-electron chi connectivity index (χ4n) is 3.61. The highest BCUT2D eigenvalue weighted by atomic mass is 19.1. The molecule has 8 heteroatoms. The molecule has 5 N–H and O–H groups in total. The van der Waals surface area contributed by atoms with E-state index in [1.165, 1.54) is 0 Å². The van der Waals surface area contributed by atoms with E-state index in [4.69, 9.17) is 25.6 Å². The second-order valence-electron chi connectivity index (χ2n) is 8.37. The molecule has 1 heterocycles. The van der Waals surface area contributed by atoms with Crippen LogP contribution in [0, 0.1) is 11.2 Å². The van der Waals surface area contributed by atoms with Crippen LogP contribution in [0.5, 0.6) is 11.5 Å². The van der Waals surface area contributed by atoms with E-state index in [2.05, 4.69) is 17.2 Å². The Morgan fingerprint density at radius 1 is 1.21 bits per heavy atom. The molecule has 1 atom stereocenters. The van der Waals surface area contributed by atoms with Crippen LogP contribution in [0.15, 0.2) is 42.6 Å². The SMILES string of the molecule is CCCCc1c[nH]c(C(Nc2ccc(C(=N)N)cc2)c2cc(OCC)cc(OC(C)C)c2F)n1. The third-order valence-electron chi connectivity index (χ3n) is 5.24. The zero-order valence-corrected chi connectivity index (χ0v) is 20.2. The number of amidine groups is 1. The highest BCUT2D eigenvalue weighted by molar-refractivity contribution is 5.95. The highest BCUT2D eigenvalue weighted by Crippen LogP contribution is 2.35. The van der Waals surface area contributed by atoms with Crippen LogP contribution in [0.25, 0.3) is 0 Å². The van der Waals surface area contributed by atoms with Crippen molar-refractivity contribution < 1.29 is 13.9 Å². The summed E-state index contributed by atoms with van der Waals surface area (Å²) in [4.78, 5) is 7.98. The number of aromatic nitrogens is 2. The first kappa shape index (κ1) is 25.1. The Bertz CT molecular complexity index is 1100. The molecule has 3 rings (SSSR count). The predicted octanol–water partition coefficient (Wildman–Crippen LogP) is 5.56. The van der Waals surface area contributed by atoms with Crippen LogP contribution in [-0.2, 0) is 6.42 Å². The molecule has 0 fully saturated rings. The lowest BCUT2D eigenvalue weighted by Crippen LogP contribution is -2.18. The summed E-state index contributed by atoms with van der Waals surface area (Å²) in [5.74, 6) is 0.755. The van der Waals surface area contributed by atoms with E-state index in [1.54, 1.807) is 36.4 Å².